The number of nitrogens with zero attached hydrogens (tertiary/aromatic N) is 4. The molecular formula is C25H31N5O3S. The van der Waals surface area contributed by atoms with Crippen LogP contribution < -0.4 is 5.32 Å². The standard InChI is InChI=1S/C25H31N5O3S/c1-18(19-6-3-2-4-7-19)28-24-23-20-9-11-30(16-21(20)34-25(23)27-17-26-24)22(33)8-5-10-29(12-14-31)13-15-32/h2-8,17-18,31-32H,9-16H2,1H3,(H,26,27,28)/t18-/m1/s1. The summed E-state index contributed by atoms with van der Waals surface area (Å²) in [6.45, 7) is 4.81. The fourth-order valence-electron chi connectivity index (χ4n) is 4.24. The number of anilines is 1. The van der Waals surface area contributed by atoms with Crippen molar-refractivity contribution < 1.29 is 15.0 Å². The SMILES string of the molecule is C[C@@H](Nc1ncnc2sc3c(c12)CCN(C(=O)C=CCN(CCO)CCO)C3)c1ccccc1. The Labute approximate surface area is 203 Å². The minimum absolute atomic E-state index is 0.0203. The quantitative estimate of drug-likeness (QED) is 0.383. The molecule has 2 aromatic heterocycles. The lowest BCUT2D eigenvalue weighted by atomic mass is 10.0. The van der Waals surface area contributed by atoms with E-state index in [2.05, 4.69) is 34.3 Å². The van der Waals surface area contributed by atoms with Crippen molar-refractivity contribution >= 4 is 33.3 Å². The summed E-state index contributed by atoms with van der Waals surface area (Å²) in [5.74, 6) is 0.810. The van der Waals surface area contributed by atoms with E-state index in [0.717, 1.165) is 27.3 Å². The van der Waals surface area contributed by atoms with Crippen molar-refractivity contribution in [2.24, 2.45) is 0 Å². The number of aromatic nitrogens is 2. The van der Waals surface area contributed by atoms with Gasteiger partial charge in [0.15, 0.2) is 0 Å². The maximum absolute atomic E-state index is 12.8. The van der Waals surface area contributed by atoms with Crippen LogP contribution in [0.25, 0.3) is 10.2 Å². The first kappa shape index (κ1) is 24.3. The maximum atomic E-state index is 12.8. The van der Waals surface area contributed by atoms with Gasteiger partial charge in [0.25, 0.3) is 0 Å². The van der Waals surface area contributed by atoms with E-state index in [4.69, 9.17) is 10.2 Å². The lowest BCUT2D eigenvalue weighted by Crippen LogP contribution is -2.34. The molecule has 0 unspecified atom stereocenters. The molecule has 1 aliphatic rings. The third kappa shape index (κ3) is 5.61. The molecule has 0 radical (unpaired) electrons. The molecule has 180 valence electrons. The highest BCUT2D eigenvalue weighted by molar-refractivity contribution is 7.19. The van der Waals surface area contributed by atoms with Gasteiger partial charge in [0.05, 0.1) is 25.1 Å². The monoisotopic (exact) mass is 481 g/mol. The Balaban J connectivity index is 1.46. The summed E-state index contributed by atoms with van der Waals surface area (Å²) in [5, 5.41) is 22.9. The number of thiophene rings is 1. The van der Waals surface area contributed by atoms with Crippen molar-refractivity contribution in [1.82, 2.24) is 19.8 Å². The van der Waals surface area contributed by atoms with Crippen molar-refractivity contribution in [1.29, 1.82) is 0 Å². The second-order valence-corrected chi connectivity index (χ2v) is 9.43. The number of hydrogen-bond acceptors (Lipinski definition) is 8. The lowest BCUT2D eigenvalue weighted by Gasteiger charge is -2.26. The molecule has 0 aliphatic carbocycles. The Hall–Kier alpha value is -2.85. The molecule has 0 fully saturated rings. The summed E-state index contributed by atoms with van der Waals surface area (Å²) in [6.07, 6.45) is 5.75. The Bertz CT molecular complexity index is 1130. The minimum Gasteiger partial charge on any atom is -0.395 e. The van der Waals surface area contributed by atoms with E-state index in [1.54, 1.807) is 29.8 Å². The molecule has 3 heterocycles. The first-order valence-electron chi connectivity index (χ1n) is 11.6. The largest absolute Gasteiger partial charge is 0.395 e. The van der Waals surface area contributed by atoms with E-state index in [1.807, 2.05) is 28.0 Å². The molecule has 3 N–H and O–H groups in total. The number of benzene rings is 1. The van der Waals surface area contributed by atoms with Gasteiger partial charge in [-0.15, -0.1) is 11.3 Å². The summed E-state index contributed by atoms with van der Waals surface area (Å²) in [4.78, 5) is 27.7. The van der Waals surface area contributed by atoms with Crippen LogP contribution in [0, 0.1) is 0 Å². The fraction of sp³-hybridized carbons (Fsp3) is 0.400. The van der Waals surface area contributed by atoms with Gasteiger partial charge in [-0.3, -0.25) is 9.69 Å². The molecule has 0 saturated heterocycles. The molecule has 1 atom stereocenters. The first-order chi connectivity index (χ1) is 16.6. The van der Waals surface area contributed by atoms with E-state index in [1.165, 1.54) is 11.1 Å². The van der Waals surface area contributed by atoms with Gasteiger partial charge in [-0.1, -0.05) is 36.4 Å². The van der Waals surface area contributed by atoms with Gasteiger partial charge in [-0.25, -0.2) is 9.97 Å². The van der Waals surface area contributed by atoms with E-state index < -0.39 is 0 Å². The Morgan fingerprint density at radius 3 is 2.74 bits per heavy atom. The number of aliphatic hydroxyl groups is 2. The number of fused-ring (bicyclic) bond motifs is 3. The van der Waals surface area contributed by atoms with Crippen LogP contribution in [0.1, 0.15) is 29.0 Å². The average Bonchev–Trinajstić information content (AvgIpc) is 3.23. The maximum Gasteiger partial charge on any atom is 0.246 e. The van der Waals surface area contributed by atoms with Gasteiger partial charge in [0, 0.05) is 43.2 Å². The van der Waals surface area contributed by atoms with Crippen LogP contribution in [-0.2, 0) is 17.8 Å². The van der Waals surface area contributed by atoms with Gasteiger partial charge in [0.2, 0.25) is 5.91 Å². The number of amides is 1. The van der Waals surface area contributed by atoms with Crippen molar-refractivity contribution in [2.75, 3.05) is 44.7 Å². The molecule has 0 saturated carbocycles. The Kier molecular flexibility index (Phi) is 8.23. The summed E-state index contributed by atoms with van der Waals surface area (Å²) in [5.41, 5.74) is 2.42. The Morgan fingerprint density at radius 1 is 1.24 bits per heavy atom. The minimum atomic E-state index is -0.0295. The molecule has 9 heteroatoms. The molecule has 34 heavy (non-hydrogen) atoms. The van der Waals surface area contributed by atoms with Crippen LogP contribution in [0.4, 0.5) is 5.82 Å². The third-order valence-corrected chi connectivity index (χ3v) is 7.18. The molecule has 8 nitrogen and oxygen atoms in total. The zero-order chi connectivity index (χ0) is 23.9. The van der Waals surface area contributed by atoms with E-state index in [0.29, 0.717) is 32.7 Å². The number of hydrogen-bond donors (Lipinski definition) is 3. The topological polar surface area (TPSA) is 102 Å². The second kappa shape index (κ2) is 11.5. The summed E-state index contributed by atoms with van der Waals surface area (Å²) in [6, 6.07) is 10.4. The van der Waals surface area contributed by atoms with E-state index in [9.17, 15) is 4.79 Å². The molecule has 3 aromatic rings. The summed E-state index contributed by atoms with van der Waals surface area (Å²) >= 11 is 1.63. The second-order valence-electron chi connectivity index (χ2n) is 8.34. The Morgan fingerprint density at radius 2 is 2.00 bits per heavy atom. The molecule has 1 amide bonds. The zero-order valence-corrected chi connectivity index (χ0v) is 20.2. The van der Waals surface area contributed by atoms with E-state index in [-0.39, 0.29) is 25.2 Å². The van der Waals surface area contributed by atoms with Crippen LogP contribution in [0.5, 0.6) is 0 Å². The predicted molar refractivity (Wildman–Crippen MR) is 135 cm³/mol. The predicted octanol–water partition coefficient (Wildman–Crippen LogP) is 2.59. The highest BCUT2D eigenvalue weighted by atomic mass is 32.1. The molecule has 1 aliphatic heterocycles. The number of aliphatic hydroxyl groups excluding tert-OH is 2. The zero-order valence-electron chi connectivity index (χ0n) is 19.4. The fourth-order valence-corrected chi connectivity index (χ4v) is 5.44. The summed E-state index contributed by atoms with van der Waals surface area (Å²) in [7, 11) is 0. The van der Waals surface area contributed by atoms with Crippen molar-refractivity contribution in [3.05, 3.63) is 64.8 Å². The van der Waals surface area contributed by atoms with Gasteiger partial charge < -0.3 is 20.4 Å². The highest BCUT2D eigenvalue weighted by Gasteiger charge is 2.26. The third-order valence-electron chi connectivity index (χ3n) is 6.06. The molecule has 0 bridgehead atoms. The smallest absolute Gasteiger partial charge is 0.246 e. The van der Waals surface area contributed by atoms with Crippen LogP contribution in [-0.4, -0.2) is 75.3 Å². The van der Waals surface area contributed by atoms with Crippen molar-refractivity contribution in [3.8, 4) is 0 Å². The number of carbonyl (C=O) groups excluding carboxylic acids is 1. The normalized spacial score (nSPS) is 14.6. The van der Waals surface area contributed by atoms with Crippen molar-refractivity contribution in [2.45, 2.75) is 25.9 Å². The van der Waals surface area contributed by atoms with Crippen LogP contribution >= 0.6 is 11.3 Å². The number of carbonyl (C=O) groups is 1. The van der Waals surface area contributed by atoms with Crippen LogP contribution in [0.3, 0.4) is 0 Å². The van der Waals surface area contributed by atoms with E-state index >= 15 is 0 Å². The first-order valence-corrected chi connectivity index (χ1v) is 12.4. The summed E-state index contributed by atoms with van der Waals surface area (Å²) < 4.78 is 0. The van der Waals surface area contributed by atoms with Crippen LogP contribution in [0.2, 0.25) is 0 Å². The lowest BCUT2D eigenvalue weighted by molar-refractivity contribution is -0.126. The van der Waals surface area contributed by atoms with Crippen molar-refractivity contribution in [3.63, 3.8) is 0 Å². The van der Waals surface area contributed by atoms with Gasteiger partial charge in [-0.05, 0) is 24.5 Å². The van der Waals surface area contributed by atoms with Gasteiger partial charge >= 0.3 is 0 Å². The molecule has 0 spiro atoms. The average molecular weight is 482 g/mol. The van der Waals surface area contributed by atoms with Gasteiger partial charge in [0.1, 0.15) is 17.0 Å². The molecular weight excluding hydrogens is 450 g/mol. The highest BCUT2D eigenvalue weighted by Crippen LogP contribution is 2.38. The molecule has 1 aromatic carbocycles. The van der Waals surface area contributed by atoms with Gasteiger partial charge in [-0.2, -0.15) is 0 Å². The van der Waals surface area contributed by atoms with Crippen LogP contribution in [0.15, 0.2) is 48.8 Å². The number of nitrogens with one attached hydrogen (secondary N) is 1. The number of rotatable bonds is 10. The molecule has 4 rings (SSSR count).